The van der Waals surface area contributed by atoms with Gasteiger partial charge >= 0.3 is 0 Å². The summed E-state index contributed by atoms with van der Waals surface area (Å²) < 4.78 is 0. The third-order valence-corrected chi connectivity index (χ3v) is 3.34. The van der Waals surface area contributed by atoms with E-state index < -0.39 is 0 Å². The van der Waals surface area contributed by atoms with Crippen LogP contribution in [0.3, 0.4) is 0 Å². The zero-order chi connectivity index (χ0) is 14.5. The molecule has 0 aliphatic rings. The standard InChI is InChI=1S/C15H16ClN3O/c1-19(10-11-6-3-2-4-7-11)13-9-5-8-12(16)14(13)15(17)18-20/h2-9,20H,10H2,1H3,(H2,17,18). The summed E-state index contributed by atoms with van der Waals surface area (Å²) in [6, 6.07) is 15.5. The molecule has 4 nitrogen and oxygen atoms in total. The van der Waals surface area contributed by atoms with Crippen LogP contribution in [0.2, 0.25) is 5.02 Å². The molecule has 5 heteroatoms. The molecule has 0 unspecified atom stereocenters. The second-order valence-electron chi connectivity index (χ2n) is 4.46. The summed E-state index contributed by atoms with van der Waals surface area (Å²) in [5.74, 6) is 0.00510. The van der Waals surface area contributed by atoms with Crippen molar-refractivity contribution in [2.24, 2.45) is 10.9 Å². The quantitative estimate of drug-likeness (QED) is 0.393. The maximum atomic E-state index is 8.89. The van der Waals surface area contributed by atoms with Crippen LogP contribution in [0.4, 0.5) is 5.69 Å². The molecule has 0 spiro atoms. The van der Waals surface area contributed by atoms with E-state index in [9.17, 15) is 0 Å². The first-order valence-electron chi connectivity index (χ1n) is 6.15. The summed E-state index contributed by atoms with van der Waals surface area (Å²) >= 11 is 6.15. The number of amidine groups is 1. The summed E-state index contributed by atoms with van der Waals surface area (Å²) in [4.78, 5) is 2.01. The number of nitrogens with two attached hydrogens (primary N) is 1. The van der Waals surface area contributed by atoms with E-state index in [0.717, 1.165) is 5.69 Å². The third kappa shape index (κ3) is 3.03. The van der Waals surface area contributed by atoms with Crippen molar-refractivity contribution in [1.29, 1.82) is 0 Å². The highest BCUT2D eigenvalue weighted by atomic mass is 35.5. The van der Waals surface area contributed by atoms with Gasteiger partial charge in [-0.25, -0.2) is 0 Å². The van der Waals surface area contributed by atoms with E-state index in [1.807, 2.05) is 54.4 Å². The molecule has 0 aliphatic heterocycles. The zero-order valence-electron chi connectivity index (χ0n) is 11.1. The Morgan fingerprint density at radius 2 is 1.90 bits per heavy atom. The first-order chi connectivity index (χ1) is 9.63. The number of nitrogens with zero attached hydrogens (tertiary/aromatic N) is 2. The molecule has 20 heavy (non-hydrogen) atoms. The summed E-state index contributed by atoms with van der Waals surface area (Å²) in [5.41, 5.74) is 8.24. The molecule has 0 amide bonds. The minimum absolute atomic E-state index is 0.00510. The van der Waals surface area contributed by atoms with Gasteiger partial charge in [-0.1, -0.05) is 53.2 Å². The highest BCUT2D eigenvalue weighted by molar-refractivity contribution is 6.34. The smallest absolute Gasteiger partial charge is 0.173 e. The maximum Gasteiger partial charge on any atom is 0.173 e. The maximum absolute atomic E-state index is 8.89. The van der Waals surface area contributed by atoms with Crippen LogP contribution < -0.4 is 10.6 Å². The summed E-state index contributed by atoms with van der Waals surface area (Å²) in [7, 11) is 1.94. The van der Waals surface area contributed by atoms with Gasteiger partial charge in [0.15, 0.2) is 5.84 Å². The van der Waals surface area contributed by atoms with Gasteiger partial charge in [-0.15, -0.1) is 0 Å². The lowest BCUT2D eigenvalue weighted by Crippen LogP contribution is -2.23. The van der Waals surface area contributed by atoms with E-state index in [1.165, 1.54) is 5.56 Å². The van der Waals surface area contributed by atoms with Gasteiger partial charge in [-0.3, -0.25) is 0 Å². The predicted molar refractivity (Wildman–Crippen MR) is 82.5 cm³/mol. The minimum Gasteiger partial charge on any atom is -0.409 e. The molecule has 0 atom stereocenters. The molecular formula is C15H16ClN3O. The van der Waals surface area contributed by atoms with Gasteiger partial charge in [0.25, 0.3) is 0 Å². The summed E-state index contributed by atoms with van der Waals surface area (Å²) in [6.07, 6.45) is 0. The van der Waals surface area contributed by atoms with Crippen LogP contribution in [0.5, 0.6) is 0 Å². The number of halogens is 1. The topological polar surface area (TPSA) is 61.8 Å². The molecule has 2 aromatic rings. The molecule has 0 saturated carbocycles. The Balaban J connectivity index is 2.35. The average molecular weight is 290 g/mol. The number of hydrogen-bond acceptors (Lipinski definition) is 3. The number of benzene rings is 2. The lowest BCUT2D eigenvalue weighted by molar-refractivity contribution is 0.318. The van der Waals surface area contributed by atoms with E-state index in [1.54, 1.807) is 6.07 Å². The normalized spacial score (nSPS) is 11.4. The van der Waals surface area contributed by atoms with Gasteiger partial charge in [-0.2, -0.15) is 0 Å². The molecule has 0 aliphatic carbocycles. The van der Waals surface area contributed by atoms with Crippen molar-refractivity contribution in [1.82, 2.24) is 0 Å². The van der Waals surface area contributed by atoms with Crippen LogP contribution in [0.1, 0.15) is 11.1 Å². The Hall–Kier alpha value is -2.20. The second kappa shape index (κ2) is 6.30. The van der Waals surface area contributed by atoms with Crippen molar-refractivity contribution in [2.75, 3.05) is 11.9 Å². The SMILES string of the molecule is CN(Cc1ccccc1)c1cccc(Cl)c1C(N)=NO. The average Bonchev–Trinajstić information content (AvgIpc) is 2.47. The summed E-state index contributed by atoms with van der Waals surface area (Å²) in [6.45, 7) is 0.701. The molecule has 2 rings (SSSR count). The van der Waals surface area contributed by atoms with Gasteiger partial charge in [0.05, 0.1) is 10.6 Å². The molecule has 104 valence electrons. The van der Waals surface area contributed by atoms with Crippen molar-refractivity contribution in [2.45, 2.75) is 6.54 Å². The van der Waals surface area contributed by atoms with Crippen molar-refractivity contribution < 1.29 is 5.21 Å². The van der Waals surface area contributed by atoms with Crippen molar-refractivity contribution in [3.63, 3.8) is 0 Å². The number of rotatable bonds is 4. The number of oxime groups is 1. The first-order valence-corrected chi connectivity index (χ1v) is 6.52. The van der Waals surface area contributed by atoms with E-state index in [2.05, 4.69) is 5.16 Å². The molecule has 0 aromatic heterocycles. The van der Waals surface area contributed by atoms with Crippen molar-refractivity contribution in [3.8, 4) is 0 Å². The fourth-order valence-corrected chi connectivity index (χ4v) is 2.34. The van der Waals surface area contributed by atoms with Gasteiger partial charge in [0.2, 0.25) is 0 Å². The van der Waals surface area contributed by atoms with Gasteiger partial charge in [0.1, 0.15) is 0 Å². The predicted octanol–water partition coefficient (Wildman–Crippen LogP) is 3.07. The molecule has 0 bridgehead atoms. The lowest BCUT2D eigenvalue weighted by atomic mass is 10.1. The van der Waals surface area contributed by atoms with Crippen LogP contribution in [0.15, 0.2) is 53.7 Å². The van der Waals surface area contributed by atoms with Crippen molar-refractivity contribution in [3.05, 3.63) is 64.7 Å². The first kappa shape index (κ1) is 14.2. The molecule has 2 aromatic carbocycles. The lowest BCUT2D eigenvalue weighted by Gasteiger charge is -2.22. The van der Waals surface area contributed by atoms with Gasteiger partial charge in [-0.05, 0) is 17.7 Å². The van der Waals surface area contributed by atoms with E-state index in [0.29, 0.717) is 17.1 Å². The molecule has 0 radical (unpaired) electrons. The molecule has 0 saturated heterocycles. The number of anilines is 1. The van der Waals surface area contributed by atoms with E-state index in [-0.39, 0.29) is 5.84 Å². The molecule has 0 fully saturated rings. The monoisotopic (exact) mass is 289 g/mol. The Morgan fingerprint density at radius 1 is 1.20 bits per heavy atom. The van der Waals surface area contributed by atoms with Crippen LogP contribution in [0.25, 0.3) is 0 Å². The highest BCUT2D eigenvalue weighted by Gasteiger charge is 2.14. The second-order valence-corrected chi connectivity index (χ2v) is 4.87. The zero-order valence-corrected chi connectivity index (χ0v) is 11.9. The highest BCUT2D eigenvalue weighted by Crippen LogP contribution is 2.27. The van der Waals surface area contributed by atoms with Crippen LogP contribution in [-0.2, 0) is 6.54 Å². The Labute approximate surface area is 123 Å². The fourth-order valence-electron chi connectivity index (χ4n) is 2.08. The van der Waals surface area contributed by atoms with Crippen LogP contribution in [0, 0.1) is 0 Å². The Kier molecular flexibility index (Phi) is 4.48. The molecular weight excluding hydrogens is 274 g/mol. The molecule has 3 N–H and O–H groups in total. The van der Waals surface area contributed by atoms with Crippen LogP contribution >= 0.6 is 11.6 Å². The van der Waals surface area contributed by atoms with Crippen LogP contribution in [-0.4, -0.2) is 18.1 Å². The minimum atomic E-state index is 0.00510. The Morgan fingerprint density at radius 3 is 2.55 bits per heavy atom. The third-order valence-electron chi connectivity index (χ3n) is 3.03. The van der Waals surface area contributed by atoms with Gasteiger partial charge in [0, 0.05) is 19.3 Å². The molecule has 0 heterocycles. The van der Waals surface area contributed by atoms with Crippen molar-refractivity contribution >= 4 is 23.1 Å². The number of hydrogen-bond donors (Lipinski definition) is 2. The van der Waals surface area contributed by atoms with Gasteiger partial charge < -0.3 is 15.8 Å². The Bertz CT molecular complexity index is 614. The van der Waals surface area contributed by atoms with E-state index in [4.69, 9.17) is 22.5 Å². The largest absolute Gasteiger partial charge is 0.409 e. The fraction of sp³-hybridized carbons (Fsp3) is 0.133. The van der Waals surface area contributed by atoms with E-state index >= 15 is 0 Å². The summed E-state index contributed by atoms with van der Waals surface area (Å²) in [5, 5.41) is 12.4.